The first-order chi connectivity index (χ1) is 9.99. The van der Waals surface area contributed by atoms with Gasteiger partial charge in [0.1, 0.15) is 17.8 Å². The number of quaternary nitrogens is 1. The summed E-state index contributed by atoms with van der Waals surface area (Å²) in [6.45, 7) is 5.87. The Kier molecular flexibility index (Phi) is 6.41. The SMILES string of the molecule is CC1(C[NH+]2CCCCC2)COc2c(I)cc(I)cc2C1=O.[Cl-]. The molecule has 2 aliphatic heterocycles. The van der Waals surface area contributed by atoms with Gasteiger partial charge in [0.15, 0.2) is 5.78 Å². The molecule has 3 rings (SSSR count). The van der Waals surface area contributed by atoms with Crippen LogP contribution in [0, 0.1) is 12.6 Å². The molecule has 1 atom stereocenters. The van der Waals surface area contributed by atoms with E-state index in [2.05, 4.69) is 58.2 Å². The maximum atomic E-state index is 13.0. The Labute approximate surface area is 165 Å². The number of fused-ring (bicyclic) bond motifs is 1. The normalized spacial score (nSPS) is 25.1. The molecule has 0 bridgehead atoms. The molecule has 1 saturated heterocycles. The first-order valence-electron chi connectivity index (χ1n) is 7.50. The number of ketones is 1. The predicted molar refractivity (Wildman–Crippen MR) is 99.2 cm³/mol. The van der Waals surface area contributed by atoms with Crippen molar-refractivity contribution in [3.63, 3.8) is 0 Å². The van der Waals surface area contributed by atoms with E-state index in [1.165, 1.54) is 32.4 Å². The number of hydrogen-bond acceptors (Lipinski definition) is 2. The first-order valence-corrected chi connectivity index (χ1v) is 9.65. The lowest BCUT2D eigenvalue weighted by Crippen LogP contribution is -3.14. The second kappa shape index (κ2) is 7.53. The van der Waals surface area contributed by atoms with Gasteiger partial charge in [0, 0.05) is 3.57 Å². The van der Waals surface area contributed by atoms with E-state index in [1.807, 2.05) is 6.07 Å². The summed E-state index contributed by atoms with van der Waals surface area (Å²) in [6.07, 6.45) is 3.91. The molecule has 1 N–H and O–H groups in total. The van der Waals surface area contributed by atoms with Gasteiger partial charge in [-0.1, -0.05) is 0 Å². The van der Waals surface area contributed by atoms with Crippen LogP contribution in [0.5, 0.6) is 5.75 Å². The lowest BCUT2D eigenvalue weighted by Gasteiger charge is -2.36. The number of benzene rings is 1. The van der Waals surface area contributed by atoms with E-state index in [0.29, 0.717) is 6.61 Å². The summed E-state index contributed by atoms with van der Waals surface area (Å²) >= 11 is 4.53. The van der Waals surface area contributed by atoms with E-state index >= 15 is 0 Å². The zero-order valence-electron chi connectivity index (χ0n) is 12.6. The standard InChI is InChI=1S/C16H19I2NO2.ClH/c1-16(9-19-5-3-2-4-6-19)10-21-14-12(15(16)20)7-11(17)8-13(14)18;/h7-8H,2-6,9-10H2,1H3;1H. The fourth-order valence-electron chi connectivity index (χ4n) is 3.41. The van der Waals surface area contributed by atoms with Crippen molar-refractivity contribution in [3.8, 4) is 5.75 Å². The first kappa shape index (κ1) is 18.7. The number of ether oxygens (including phenoxy) is 1. The minimum atomic E-state index is -0.382. The van der Waals surface area contributed by atoms with Gasteiger partial charge in [-0.2, -0.15) is 0 Å². The van der Waals surface area contributed by atoms with Gasteiger partial charge in [0.2, 0.25) is 0 Å². The third kappa shape index (κ3) is 3.72. The molecule has 0 aromatic heterocycles. The van der Waals surface area contributed by atoms with Gasteiger partial charge in [-0.3, -0.25) is 4.79 Å². The Morgan fingerprint density at radius 2 is 1.91 bits per heavy atom. The molecule has 1 aromatic carbocycles. The summed E-state index contributed by atoms with van der Waals surface area (Å²) in [5.74, 6) is 1.05. The molecule has 1 fully saturated rings. The van der Waals surface area contributed by atoms with Crippen molar-refractivity contribution in [2.24, 2.45) is 5.41 Å². The lowest BCUT2D eigenvalue weighted by atomic mass is 9.80. The largest absolute Gasteiger partial charge is 1.00 e. The van der Waals surface area contributed by atoms with Crippen LogP contribution in [-0.4, -0.2) is 32.0 Å². The molecule has 3 nitrogen and oxygen atoms in total. The van der Waals surface area contributed by atoms with Gasteiger partial charge in [0.05, 0.1) is 28.8 Å². The Balaban J connectivity index is 0.00000176. The number of halogens is 3. The maximum absolute atomic E-state index is 13.0. The number of nitrogens with one attached hydrogen (secondary N) is 1. The molecule has 0 aliphatic carbocycles. The third-order valence-corrected chi connectivity index (χ3v) is 5.96. The van der Waals surface area contributed by atoms with Crippen molar-refractivity contribution in [1.29, 1.82) is 0 Å². The van der Waals surface area contributed by atoms with Crippen LogP contribution >= 0.6 is 45.2 Å². The highest BCUT2D eigenvalue weighted by molar-refractivity contribution is 14.1. The van der Waals surface area contributed by atoms with E-state index in [1.54, 1.807) is 4.90 Å². The molecule has 0 amide bonds. The molecule has 6 heteroatoms. The fraction of sp³-hybridized carbons (Fsp3) is 0.562. The van der Waals surface area contributed by atoms with Crippen LogP contribution in [0.3, 0.4) is 0 Å². The van der Waals surface area contributed by atoms with Gasteiger partial charge in [-0.25, -0.2) is 0 Å². The predicted octanol–water partition coefficient (Wildman–Crippen LogP) is -0.450. The Hall–Kier alpha value is 0.400. The second-order valence-corrected chi connectivity index (χ2v) is 8.84. The highest BCUT2D eigenvalue weighted by Gasteiger charge is 2.44. The highest BCUT2D eigenvalue weighted by Crippen LogP contribution is 2.37. The zero-order chi connectivity index (χ0) is 15.0. The number of carbonyl (C=O) groups excluding carboxylic acids is 1. The van der Waals surface area contributed by atoms with E-state index in [0.717, 1.165) is 25.0 Å². The van der Waals surface area contributed by atoms with Gasteiger partial charge in [-0.05, 0) is 83.5 Å². The minimum Gasteiger partial charge on any atom is -1.00 e. The smallest absolute Gasteiger partial charge is 0.181 e. The molecule has 0 saturated carbocycles. The van der Waals surface area contributed by atoms with E-state index in [4.69, 9.17) is 4.74 Å². The number of rotatable bonds is 2. The zero-order valence-corrected chi connectivity index (χ0v) is 17.6. The van der Waals surface area contributed by atoms with Crippen molar-refractivity contribution in [2.45, 2.75) is 26.2 Å². The number of piperidine rings is 1. The van der Waals surface area contributed by atoms with E-state index < -0.39 is 0 Å². The second-order valence-electron chi connectivity index (χ2n) is 6.43. The number of Topliss-reactive ketones (excluding diaryl/α,β-unsaturated/α-hetero) is 1. The molecule has 2 aliphatic rings. The Morgan fingerprint density at radius 1 is 1.23 bits per heavy atom. The van der Waals surface area contributed by atoms with Crippen molar-refractivity contribution >= 4 is 51.0 Å². The number of likely N-dealkylation sites (tertiary alicyclic amines) is 1. The van der Waals surface area contributed by atoms with Crippen LogP contribution in [0.4, 0.5) is 0 Å². The minimum absolute atomic E-state index is 0. The monoisotopic (exact) mass is 547 g/mol. The van der Waals surface area contributed by atoms with Crippen LogP contribution in [-0.2, 0) is 0 Å². The molecule has 22 heavy (non-hydrogen) atoms. The quantitative estimate of drug-likeness (QED) is 0.509. The summed E-state index contributed by atoms with van der Waals surface area (Å²) in [5, 5.41) is 0. The molecule has 2 heterocycles. The summed E-state index contributed by atoms with van der Waals surface area (Å²) < 4.78 is 8.13. The van der Waals surface area contributed by atoms with Gasteiger partial charge >= 0.3 is 0 Å². The van der Waals surface area contributed by atoms with Gasteiger partial charge < -0.3 is 22.0 Å². The van der Waals surface area contributed by atoms with Crippen LogP contribution in [0.15, 0.2) is 12.1 Å². The Bertz CT molecular complexity index is 576. The molecule has 1 unspecified atom stereocenters. The summed E-state index contributed by atoms with van der Waals surface area (Å²) in [6, 6.07) is 4.04. The van der Waals surface area contributed by atoms with Crippen molar-refractivity contribution in [1.82, 2.24) is 0 Å². The summed E-state index contributed by atoms with van der Waals surface area (Å²) in [5.41, 5.74) is 0.393. The average Bonchev–Trinajstić information content (AvgIpc) is 2.44. The maximum Gasteiger partial charge on any atom is 0.181 e. The topological polar surface area (TPSA) is 30.7 Å². The molecular formula is C16H20ClI2NO2. The van der Waals surface area contributed by atoms with Crippen LogP contribution in [0.1, 0.15) is 36.5 Å². The van der Waals surface area contributed by atoms with Crippen molar-refractivity contribution < 1.29 is 26.8 Å². The van der Waals surface area contributed by atoms with E-state index in [9.17, 15) is 4.79 Å². The van der Waals surface area contributed by atoms with E-state index in [-0.39, 0.29) is 23.6 Å². The summed E-state index contributed by atoms with van der Waals surface area (Å²) in [7, 11) is 0. The highest BCUT2D eigenvalue weighted by atomic mass is 127. The lowest BCUT2D eigenvalue weighted by molar-refractivity contribution is -0.910. The van der Waals surface area contributed by atoms with Crippen LogP contribution in [0.25, 0.3) is 0 Å². The summed E-state index contributed by atoms with van der Waals surface area (Å²) in [4.78, 5) is 14.6. The van der Waals surface area contributed by atoms with Gasteiger partial charge in [0.25, 0.3) is 0 Å². The number of carbonyl (C=O) groups is 1. The van der Waals surface area contributed by atoms with Gasteiger partial charge in [-0.15, -0.1) is 0 Å². The molecule has 1 aromatic rings. The molecule has 122 valence electrons. The third-order valence-electron chi connectivity index (χ3n) is 4.54. The van der Waals surface area contributed by atoms with Crippen molar-refractivity contribution in [2.75, 3.05) is 26.2 Å². The molecule has 0 spiro atoms. The molecule has 0 radical (unpaired) electrons. The Morgan fingerprint density at radius 3 is 2.59 bits per heavy atom. The number of hydrogen-bond donors (Lipinski definition) is 1. The fourth-order valence-corrected chi connectivity index (χ4v) is 5.41. The van der Waals surface area contributed by atoms with Crippen molar-refractivity contribution in [3.05, 3.63) is 24.8 Å². The van der Waals surface area contributed by atoms with Crippen LogP contribution in [0.2, 0.25) is 0 Å². The molecular weight excluding hydrogens is 527 g/mol. The average molecular weight is 548 g/mol. The van der Waals surface area contributed by atoms with Crippen LogP contribution < -0.4 is 22.0 Å².